The molecule has 96 valence electrons. The molecule has 0 fully saturated rings. The summed E-state index contributed by atoms with van der Waals surface area (Å²) in [4.78, 5) is 0. The molecule has 0 amide bonds. The molecular weight excluding hydrogens is 218 g/mol. The van der Waals surface area contributed by atoms with Crippen molar-refractivity contribution in [2.24, 2.45) is 5.73 Å². The van der Waals surface area contributed by atoms with E-state index in [1.807, 2.05) is 26.0 Å². The number of methoxy groups -OCH3 is 2. The molecule has 0 aliphatic heterocycles. The monoisotopic (exact) mass is 239 g/mol. The van der Waals surface area contributed by atoms with Crippen LogP contribution in [0.2, 0.25) is 0 Å². The Morgan fingerprint density at radius 3 is 2.24 bits per heavy atom. The van der Waals surface area contributed by atoms with Crippen LogP contribution in [0.1, 0.15) is 19.4 Å². The predicted molar refractivity (Wildman–Crippen MR) is 68.1 cm³/mol. The number of ether oxygens (including phenoxy) is 3. The summed E-state index contributed by atoms with van der Waals surface area (Å²) in [5, 5.41) is 0. The third-order valence-corrected chi connectivity index (χ3v) is 2.30. The summed E-state index contributed by atoms with van der Waals surface area (Å²) < 4.78 is 16.3. The van der Waals surface area contributed by atoms with Gasteiger partial charge in [0.2, 0.25) is 5.75 Å². The van der Waals surface area contributed by atoms with Crippen LogP contribution in [0.3, 0.4) is 0 Å². The normalized spacial score (nSPS) is 10.5. The highest BCUT2D eigenvalue weighted by molar-refractivity contribution is 5.54. The van der Waals surface area contributed by atoms with Crippen molar-refractivity contribution < 1.29 is 14.2 Å². The molecule has 0 saturated heterocycles. The zero-order valence-corrected chi connectivity index (χ0v) is 10.9. The quantitative estimate of drug-likeness (QED) is 0.825. The fraction of sp³-hybridized carbons (Fsp3) is 0.538. The number of benzene rings is 1. The Bertz CT molecular complexity index is 364. The van der Waals surface area contributed by atoms with E-state index in [2.05, 4.69) is 0 Å². The molecule has 0 radical (unpaired) electrons. The zero-order valence-electron chi connectivity index (χ0n) is 10.9. The molecule has 0 aliphatic rings. The van der Waals surface area contributed by atoms with Crippen molar-refractivity contribution in [3.05, 3.63) is 17.7 Å². The molecule has 4 heteroatoms. The first-order valence-corrected chi connectivity index (χ1v) is 5.74. The molecule has 0 unspecified atom stereocenters. The van der Waals surface area contributed by atoms with Crippen molar-refractivity contribution in [2.75, 3.05) is 20.8 Å². The average Bonchev–Trinajstić information content (AvgIpc) is 2.28. The first kappa shape index (κ1) is 13.6. The van der Waals surface area contributed by atoms with Crippen LogP contribution in [0.4, 0.5) is 0 Å². The van der Waals surface area contributed by atoms with Crippen molar-refractivity contribution in [1.82, 2.24) is 0 Å². The summed E-state index contributed by atoms with van der Waals surface area (Å²) in [6, 6.07) is 3.88. The Kier molecular flexibility index (Phi) is 5.10. The average molecular weight is 239 g/mol. The van der Waals surface area contributed by atoms with Crippen LogP contribution in [0.15, 0.2) is 12.1 Å². The lowest BCUT2D eigenvalue weighted by Gasteiger charge is -2.17. The molecule has 2 N–H and O–H groups in total. The van der Waals surface area contributed by atoms with Gasteiger partial charge in [-0.2, -0.15) is 0 Å². The maximum atomic E-state index is 5.72. The summed E-state index contributed by atoms with van der Waals surface area (Å²) in [6.45, 7) is 4.54. The number of hydrogen-bond acceptors (Lipinski definition) is 4. The lowest BCUT2D eigenvalue weighted by Crippen LogP contribution is -2.09. The first-order chi connectivity index (χ1) is 8.12. The van der Waals surface area contributed by atoms with Crippen LogP contribution in [0.5, 0.6) is 17.2 Å². The SMILES string of the molecule is COc1cc(CCN)cc(OC(C)C)c1OC. The minimum absolute atomic E-state index is 0.0849. The van der Waals surface area contributed by atoms with Crippen molar-refractivity contribution in [3.8, 4) is 17.2 Å². The second-order valence-electron chi connectivity index (χ2n) is 4.03. The van der Waals surface area contributed by atoms with Gasteiger partial charge < -0.3 is 19.9 Å². The number of hydrogen-bond donors (Lipinski definition) is 1. The summed E-state index contributed by atoms with van der Waals surface area (Å²) >= 11 is 0. The first-order valence-electron chi connectivity index (χ1n) is 5.74. The maximum Gasteiger partial charge on any atom is 0.203 e. The number of nitrogens with two attached hydrogens (primary N) is 1. The third kappa shape index (κ3) is 3.53. The minimum Gasteiger partial charge on any atom is -0.493 e. The highest BCUT2D eigenvalue weighted by Gasteiger charge is 2.14. The molecule has 17 heavy (non-hydrogen) atoms. The Hall–Kier alpha value is -1.42. The molecule has 1 aromatic rings. The third-order valence-electron chi connectivity index (χ3n) is 2.30. The fourth-order valence-electron chi connectivity index (χ4n) is 1.64. The van der Waals surface area contributed by atoms with Gasteiger partial charge in [0.1, 0.15) is 0 Å². The van der Waals surface area contributed by atoms with E-state index in [1.165, 1.54) is 0 Å². The topological polar surface area (TPSA) is 53.7 Å². The largest absolute Gasteiger partial charge is 0.493 e. The van der Waals surface area contributed by atoms with Crippen LogP contribution in [-0.2, 0) is 6.42 Å². The van der Waals surface area contributed by atoms with Crippen molar-refractivity contribution >= 4 is 0 Å². The van der Waals surface area contributed by atoms with Gasteiger partial charge in [-0.3, -0.25) is 0 Å². The molecule has 0 bridgehead atoms. The van der Waals surface area contributed by atoms with Gasteiger partial charge >= 0.3 is 0 Å². The van der Waals surface area contributed by atoms with Gasteiger partial charge in [0, 0.05) is 0 Å². The van der Waals surface area contributed by atoms with Crippen LogP contribution < -0.4 is 19.9 Å². The highest BCUT2D eigenvalue weighted by atomic mass is 16.5. The van der Waals surface area contributed by atoms with E-state index < -0.39 is 0 Å². The predicted octanol–water partition coefficient (Wildman–Crippen LogP) is 1.99. The molecular formula is C13H21NO3. The van der Waals surface area contributed by atoms with Gasteiger partial charge in [0.05, 0.1) is 20.3 Å². The van der Waals surface area contributed by atoms with Crippen LogP contribution >= 0.6 is 0 Å². The highest BCUT2D eigenvalue weighted by Crippen LogP contribution is 2.38. The van der Waals surface area contributed by atoms with Gasteiger partial charge in [-0.15, -0.1) is 0 Å². The van der Waals surface area contributed by atoms with E-state index in [0.29, 0.717) is 23.8 Å². The molecule has 0 atom stereocenters. The smallest absolute Gasteiger partial charge is 0.203 e. The second-order valence-corrected chi connectivity index (χ2v) is 4.03. The van der Waals surface area contributed by atoms with E-state index in [9.17, 15) is 0 Å². The molecule has 0 heterocycles. The Morgan fingerprint density at radius 1 is 1.12 bits per heavy atom. The van der Waals surface area contributed by atoms with Crippen molar-refractivity contribution in [1.29, 1.82) is 0 Å². The Balaban J connectivity index is 3.16. The van der Waals surface area contributed by atoms with Gasteiger partial charge in [-0.05, 0) is 44.5 Å². The summed E-state index contributed by atoms with van der Waals surface area (Å²) in [6.07, 6.45) is 0.871. The lowest BCUT2D eigenvalue weighted by molar-refractivity contribution is 0.226. The van der Waals surface area contributed by atoms with E-state index in [4.69, 9.17) is 19.9 Å². The molecule has 0 aliphatic carbocycles. The van der Waals surface area contributed by atoms with Crippen LogP contribution in [0, 0.1) is 0 Å². The van der Waals surface area contributed by atoms with Gasteiger partial charge in [0.25, 0.3) is 0 Å². The van der Waals surface area contributed by atoms with Crippen molar-refractivity contribution in [3.63, 3.8) is 0 Å². The zero-order chi connectivity index (χ0) is 12.8. The molecule has 0 spiro atoms. The standard InChI is InChI=1S/C13H21NO3/c1-9(2)17-12-8-10(5-6-14)7-11(15-3)13(12)16-4/h7-9H,5-6,14H2,1-4H3. The minimum atomic E-state index is 0.0849. The Morgan fingerprint density at radius 2 is 1.76 bits per heavy atom. The summed E-state index contributed by atoms with van der Waals surface area (Å²) in [7, 11) is 3.22. The van der Waals surface area contributed by atoms with Crippen molar-refractivity contribution in [2.45, 2.75) is 26.4 Å². The van der Waals surface area contributed by atoms with E-state index in [-0.39, 0.29) is 6.10 Å². The summed E-state index contributed by atoms with van der Waals surface area (Å²) in [5.74, 6) is 2.00. The van der Waals surface area contributed by atoms with Crippen LogP contribution in [0.25, 0.3) is 0 Å². The lowest BCUT2D eigenvalue weighted by atomic mass is 10.1. The van der Waals surface area contributed by atoms with Gasteiger partial charge in [-0.25, -0.2) is 0 Å². The molecule has 1 rings (SSSR count). The molecule has 1 aromatic carbocycles. The fourth-order valence-corrected chi connectivity index (χ4v) is 1.64. The van der Waals surface area contributed by atoms with E-state index in [0.717, 1.165) is 12.0 Å². The molecule has 0 saturated carbocycles. The van der Waals surface area contributed by atoms with Gasteiger partial charge in [0.15, 0.2) is 11.5 Å². The number of rotatable bonds is 6. The second kappa shape index (κ2) is 6.35. The van der Waals surface area contributed by atoms with E-state index in [1.54, 1.807) is 14.2 Å². The Labute approximate surface area is 103 Å². The molecule has 4 nitrogen and oxygen atoms in total. The van der Waals surface area contributed by atoms with Crippen LogP contribution in [-0.4, -0.2) is 26.9 Å². The maximum absolute atomic E-state index is 5.72. The van der Waals surface area contributed by atoms with Gasteiger partial charge in [-0.1, -0.05) is 0 Å². The summed E-state index contributed by atoms with van der Waals surface area (Å²) in [5.41, 5.74) is 6.65. The van der Waals surface area contributed by atoms with E-state index >= 15 is 0 Å². The molecule has 0 aromatic heterocycles.